The van der Waals surface area contributed by atoms with Crippen molar-refractivity contribution < 1.29 is 9.13 Å². The van der Waals surface area contributed by atoms with Crippen LogP contribution in [0, 0.1) is 28.5 Å². The van der Waals surface area contributed by atoms with Crippen molar-refractivity contribution >= 4 is 5.69 Å². The molecule has 0 saturated heterocycles. The maximum atomic E-state index is 12.8. The number of anilines is 1. The molecule has 0 aromatic heterocycles. The Labute approximate surface area is 127 Å². The van der Waals surface area contributed by atoms with Crippen molar-refractivity contribution in [1.82, 2.24) is 0 Å². The van der Waals surface area contributed by atoms with E-state index in [0.29, 0.717) is 12.4 Å². The summed E-state index contributed by atoms with van der Waals surface area (Å²) < 4.78 is 18.4. The smallest absolute Gasteiger partial charge is 0.145 e. The van der Waals surface area contributed by atoms with Crippen molar-refractivity contribution in [2.24, 2.45) is 0 Å². The Morgan fingerprint density at radius 2 is 1.68 bits per heavy atom. The van der Waals surface area contributed by atoms with Gasteiger partial charge in [0.15, 0.2) is 0 Å². The van der Waals surface area contributed by atoms with Crippen LogP contribution in [0.15, 0.2) is 60.3 Å². The predicted molar refractivity (Wildman–Crippen MR) is 80.1 cm³/mol. The van der Waals surface area contributed by atoms with Crippen molar-refractivity contribution in [3.05, 3.63) is 71.7 Å². The maximum absolute atomic E-state index is 12.8. The van der Waals surface area contributed by atoms with E-state index >= 15 is 0 Å². The van der Waals surface area contributed by atoms with Crippen LogP contribution in [0.25, 0.3) is 0 Å². The predicted octanol–water partition coefficient (Wildman–Crippen LogP) is 3.75. The number of ether oxygens (including phenoxy) is 1. The third kappa shape index (κ3) is 4.36. The summed E-state index contributed by atoms with van der Waals surface area (Å²) in [6, 6.07) is 16.7. The van der Waals surface area contributed by atoms with Gasteiger partial charge in [-0.3, -0.25) is 0 Å². The molecule has 0 unspecified atom stereocenters. The van der Waals surface area contributed by atoms with Gasteiger partial charge >= 0.3 is 0 Å². The molecule has 22 heavy (non-hydrogen) atoms. The molecule has 2 rings (SSSR count). The molecule has 2 aromatic carbocycles. The van der Waals surface area contributed by atoms with Crippen LogP contribution in [0.2, 0.25) is 0 Å². The average Bonchev–Trinajstić information content (AvgIpc) is 2.56. The van der Waals surface area contributed by atoms with Gasteiger partial charge in [0.05, 0.1) is 0 Å². The van der Waals surface area contributed by atoms with Gasteiger partial charge < -0.3 is 10.1 Å². The van der Waals surface area contributed by atoms with Crippen LogP contribution >= 0.6 is 0 Å². The second kappa shape index (κ2) is 7.47. The van der Waals surface area contributed by atoms with E-state index in [2.05, 4.69) is 5.32 Å². The van der Waals surface area contributed by atoms with Crippen molar-refractivity contribution in [1.29, 1.82) is 10.5 Å². The molecule has 4 nitrogen and oxygen atoms in total. The summed E-state index contributed by atoms with van der Waals surface area (Å²) in [6.45, 7) is 0.347. The summed E-state index contributed by atoms with van der Waals surface area (Å²) >= 11 is 0. The maximum Gasteiger partial charge on any atom is 0.145 e. The van der Waals surface area contributed by atoms with Gasteiger partial charge in [-0.2, -0.15) is 10.5 Å². The zero-order valence-electron chi connectivity index (χ0n) is 11.6. The number of hydrogen-bond acceptors (Lipinski definition) is 4. The van der Waals surface area contributed by atoms with E-state index in [9.17, 15) is 4.39 Å². The van der Waals surface area contributed by atoms with Crippen molar-refractivity contribution in [3.63, 3.8) is 0 Å². The molecule has 5 heteroatoms. The molecule has 0 bridgehead atoms. The van der Waals surface area contributed by atoms with E-state index in [1.54, 1.807) is 48.5 Å². The lowest BCUT2D eigenvalue weighted by molar-refractivity contribution is 0.306. The minimum absolute atomic E-state index is 0.00311. The summed E-state index contributed by atoms with van der Waals surface area (Å²) in [7, 11) is 0. The molecule has 108 valence electrons. The fraction of sp³-hybridized carbons (Fsp3) is 0.0588. The number of rotatable bonds is 5. The lowest BCUT2D eigenvalue weighted by Crippen LogP contribution is -1.96. The number of allylic oxidation sites excluding steroid dienone is 1. The normalized spacial score (nSPS) is 9.23. The van der Waals surface area contributed by atoms with Gasteiger partial charge in [-0.25, -0.2) is 4.39 Å². The standard InChI is InChI=1S/C17H12FN3O/c18-15-3-1-13(2-4-15)12-22-17-7-5-16(6-8-17)21-11-14(9-19)10-20/h1-8,11,21H,12H2. The Morgan fingerprint density at radius 3 is 2.27 bits per heavy atom. The number of benzene rings is 2. The topological polar surface area (TPSA) is 68.8 Å². The number of halogens is 1. The third-order valence-corrected chi connectivity index (χ3v) is 2.80. The first kappa shape index (κ1) is 15.1. The van der Waals surface area contributed by atoms with Crippen LogP contribution in [0.5, 0.6) is 5.75 Å². The third-order valence-electron chi connectivity index (χ3n) is 2.80. The highest BCUT2D eigenvalue weighted by Crippen LogP contribution is 2.17. The molecule has 0 aliphatic heterocycles. The highest BCUT2D eigenvalue weighted by atomic mass is 19.1. The van der Waals surface area contributed by atoms with E-state index in [1.807, 2.05) is 0 Å². The van der Waals surface area contributed by atoms with E-state index in [4.69, 9.17) is 15.3 Å². The number of nitrogens with zero attached hydrogens (tertiary/aromatic N) is 2. The molecule has 0 spiro atoms. The van der Waals surface area contributed by atoms with E-state index < -0.39 is 0 Å². The summed E-state index contributed by atoms with van der Waals surface area (Å²) in [5.41, 5.74) is 1.60. The summed E-state index contributed by atoms with van der Waals surface area (Å²) in [5.74, 6) is 0.390. The molecule has 0 aliphatic carbocycles. The first-order valence-corrected chi connectivity index (χ1v) is 6.45. The molecule has 0 amide bonds. The van der Waals surface area contributed by atoms with Crippen molar-refractivity contribution in [3.8, 4) is 17.9 Å². The molecule has 0 fully saturated rings. The van der Waals surface area contributed by atoms with Gasteiger partial charge in [0, 0.05) is 11.9 Å². The molecule has 0 atom stereocenters. The van der Waals surface area contributed by atoms with E-state index in [0.717, 1.165) is 11.3 Å². The molecule has 0 aliphatic rings. The van der Waals surface area contributed by atoms with E-state index in [1.165, 1.54) is 18.3 Å². The van der Waals surface area contributed by atoms with Gasteiger partial charge in [-0.1, -0.05) is 12.1 Å². The first-order chi connectivity index (χ1) is 10.7. The Bertz CT molecular complexity index is 721. The average molecular weight is 293 g/mol. The fourth-order valence-electron chi connectivity index (χ4n) is 1.64. The highest BCUT2D eigenvalue weighted by Gasteiger charge is 1.98. The van der Waals surface area contributed by atoms with Gasteiger partial charge in [-0.15, -0.1) is 0 Å². The van der Waals surface area contributed by atoms with Gasteiger partial charge in [0.25, 0.3) is 0 Å². The Hall–Kier alpha value is -3.31. The Morgan fingerprint density at radius 1 is 1.05 bits per heavy atom. The summed E-state index contributed by atoms with van der Waals surface area (Å²) in [6.07, 6.45) is 1.34. The molecule has 0 saturated carbocycles. The largest absolute Gasteiger partial charge is 0.489 e. The van der Waals surface area contributed by atoms with Crippen molar-refractivity contribution in [2.45, 2.75) is 6.61 Å². The van der Waals surface area contributed by atoms with E-state index in [-0.39, 0.29) is 11.4 Å². The summed E-state index contributed by atoms with van der Waals surface area (Å²) in [4.78, 5) is 0. The zero-order valence-corrected chi connectivity index (χ0v) is 11.6. The molecule has 1 N–H and O–H groups in total. The Kier molecular flexibility index (Phi) is 5.12. The van der Waals surface area contributed by atoms with Crippen LogP contribution in [0.3, 0.4) is 0 Å². The quantitative estimate of drug-likeness (QED) is 0.852. The Balaban J connectivity index is 1.92. The second-order valence-corrected chi connectivity index (χ2v) is 4.37. The first-order valence-electron chi connectivity index (χ1n) is 6.45. The second-order valence-electron chi connectivity index (χ2n) is 4.37. The minimum atomic E-state index is -0.277. The van der Waals surface area contributed by atoms with Crippen molar-refractivity contribution in [2.75, 3.05) is 5.32 Å². The zero-order chi connectivity index (χ0) is 15.8. The molecular formula is C17H12FN3O. The molecule has 2 aromatic rings. The van der Waals surface area contributed by atoms with Crippen LogP contribution < -0.4 is 10.1 Å². The van der Waals surface area contributed by atoms with Crippen LogP contribution in [0.4, 0.5) is 10.1 Å². The van der Waals surface area contributed by atoms with Gasteiger partial charge in [-0.05, 0) is 42.0 Å². The van der Waals surface area contributed by atoms with Crippen LogP contribution in [-0.2, 0) is 6.61 Å². The summed E-state index contributed by atoms with van der Waals surface area (Å²) in [5, 5.41) is 20.1. The monoisotopic (exact) mass is 293 g/mol. The highest BCUT2D eigenvalue weighted by molar-refractivity contribution is 5.51. The fourth-order valence-corrected chi connectivity index (χ4v) is 1.64. The lowest BCUT2D eigenvalue weighted by Gasteiger charge is -2.07. The molecule has 0 radical (unpaired) electrons. The lowest BCUT2D eigenvalue weighted by atomic mass is 10.2. The number of hydrogen-bond donors (Lipinski definition) is 1. The van der Waals surface area contributed by atoms with Crippen LogP contribution in [0.1, 0.15) is 5.56 Å². The number of nitrogens with one attached hydrogen (secondary N) is 1. The van der Waals surface area contributed by atoms with Gasteiger partial charge in [0.2, 0.25) is 0 Å². The molecule has 0 heterocycles. The van der Waals surface area contributed by atoms with Gasteiger partial charge in [0.1, 0.15) is 35.9 Å². The molecular weight excluding hydrogens is 281 g/mol. The van der Waals surface area contributed by atoms with Crippen LogP contribution in [-0.4, -0.2) is 0 Å². The number of nitriles is 2. The SMILES string of the molecule is N#CC(C#N)=CNc1ccc(OCc2ccc(F)cc2)cc1. The minimum Gasteiger partial charge on any atom is -0.489 e.